The minimum absolute atomic E-state index is 0.0142. The van der Waals surface area contributed by atoms with Gasteiger partial charge in [0.25, 0.3) is 5.91 Å². The van der Waals surface area contributed by atoms with Crippen molar-refractivity contribution in [3.63, 3.8) is 0 Å². The molecule has 1 amide bonds. The molecule has 31 heavy (non-hydrogen) atoms. The number of fused-ring (bicyclic) bond motifs is 1. The molecule has 1 aliphatic rings. The average Bonchev–Trinajstić information content (AvgIpc) is 2.76. The minimum atomic E-state index is -0.870. The number of hydrogen-bond donors (Lipinski definition) is 4. The van der Waals surface area contributed by atoms with Gasteiger partial charge in [-0.2, -0.15) is 0 Å². The number of aliphatic carboxylic acids is 1. The number of aryl methyl sites for hydroxylation is 1. The maximum absolute atomic E-state index is 12.6. The largest absolute Gasteiger partial charge is 0.490 e. The van der Waals surface area contributed by atoms with Crippen LogP contribution in [-0.4, -0.2) is 35.5 Å². The number of anilines is 1. The van der Waals surface area contributed by atoms with Gasteiger partial charge in [0.05, 0.1) is 6.42 Å². The topological polar surface area (TPSA) is 112 Å². The quantitative estimate of drug-likeness (QED) is 0.274. The highest BCUT2D eigenvalue weighted by Crippen LogP contribution is 2.31. The summed E-state index contributed by atoms with van der Waals surface area (Å²) in [6.07, 6.45) is 4.32. The summed E-state index contributed by atoms with van der Waals surface area (Å²) in [5.41, 5.74) is 2.88. The van der Waals surface area contributed by atoms with E-state index in [1.165, 1.54) is 0 Å². The van der Waals surface area contributed by atoms with Crippen LogP contribution >= 0.6 is 0 Å². The monoisotopic (exact) mass is 423 g/mol. The van der Waals surface area contributed by atoms with Crippen LogP contribution in [0.15, 0.2) is 42.5 Å². The molecule has 0 aromatic heterocycles. The Kier molecular flexibility index (Phi) is 7.65. The summed E-state index contributed by atoms with van der Waals surface area (Å²) in [6.45, 7) is 2.92. The van der Waals surface area contributed by atoms with Crippen molar-refractivity contribution in [1.29, 1.82) is 5.41 Å². The number of carbonyl (C=O) groups excluding carboxylic acids is 1. The maximum Gasteiger partial charge on any atom is 0.307 e. The van der Waals surface area contributed by atoms with E-state index in [0.29, 0.717) is 35.7 Å². The summed E-state index contributed by atoms with van der Waals surface area (Å²) in [7, 11) is 0. The molecule has 0 saturated heterocycles. The van der Waals surface area contributed by atoms with Crippen LogP contribution < -0.4 is 15.4 Å². The van der Waals surface area contributed by atoms with Crippen molar-refractivity contribution in [3.8, 4) is 5.75 Å². The molecule has 2 aromatic carbocycles. The third kappa shape index (κ3) is 6.31. The van der Waals surface area contributed by atoms with Crippen LogP contribution in [0.1, 0.15) is 60.5 Å². The number of nitrogens with one attached hydrogen (secondary N) is 3. The molecule has 1 unspecified atom stereocenters. The Morgan fingerprint density at radius 1 is 1.13 bits per heavy atom. The number of amidine groups is 1. The fourth-order valence-electron chi connectivity index (χ4n) is 3.54. The Bertz CT molecular complexity index is 940. The molecule has 1 heterocycles. The Morgan fingerprint density at radius 2 is 1.87 bits per heavy atom. The number of amides is 1. The number of benzene rings is 2. The fraction of sp³-hybridized carbons (Fsp3) is 0.375. The van der Waals surface area contributed by atoms with Gasteiger partial charge in [0, 0.05) is 23.4 Å². The molecule has 4 N–H and O–H groups in total. The standard InChI is InChI=1S/C24H29N3O4/c1-2-3-4-13-26-23(25)16-5-7-17(8-6-16)24(30)27-19-10-12-21-18(14-19)9-11-20(31-21)15-22(28)29/h5-8,10,12,14,20H,2-4,9,11,13,15H2,1H3,(H2,25,26)(H,27,30)(H,28,29). The molecule has 3 rings (SSSR count). The number of unbranched alkanes of at least 4 members (excludes halogenated alkanes) is 2. The normalized spacial score (nSPS) is 14.8. The summed E-state index contributed by atoms with van der Waals surface area (Å²) < 4.78 is 5.74. The maximum atomic E-state index is 12.6. The molecule has 0 radical (unpaired) electrons. The van der Waals surface area contributed by atoms with Gasteiger partial charge < -0.3 is 20.5 Å². The van der Waals surface area contributed by atoms with Crippen molar-refractivity contribution in [1.82, 2.24) is 5.32 Å². The molecule has 7 heteroatoms. The van der Waals surface area contributed by atoms with Crippen LogP contribution in [0, 0.1) is 5.41 Å². The van der Waals surface area contributed by atoms with Crippen molar-refractivity contribution >= 4 is 23.4 Å². The van der Waals surface area contributed by atoms with Gasteiger partial charge in [0.2, 0.25) is 0 Å². The van der Waals surface area contributed by atoms with Gasteiger partial charge in [-0.3, -0.25) is 15.0 Å². The summed E-state index contributed by atoms with van der Waals surface area (Å²) in [4.78, 5) is 23.5. The smallest absolute Gasteiger partial charge is 0.307 e. The highest BCUT2D eigenvalue weighted by molar-refractivity contribution is 6.05. The predicted octanol–water partition coefficient (Wildman–Crippen LogP) is 4.21. The SMILES string of the molecule is CCCCCNC(=N)c1ccc(C(=O)Nc2ccc3c(c2)CCC(CC(=O)O)O3)cc1. The van der Waals surface area contributed by atoms with Crippen LogP contribution in [0.5, 0.6) is 5.75 Å². The van der Waals surface area contributed by atoms with Crippen molar-refractivity contribution in [2.45, 2.75) is 51.6 Å². The van der Waals surface area contributed by atoms with Crippen LogP contribution in [0.4, 0.5) is 5.69 Å². The summed E-state index contributed by atoms with van der Waals surface area (Å²) in [5, 5.41) is 23.0. The zero-order chi connectivity index (χ0) is 22.2. The predicted molar refractivity (Wildman–Crippen MR) is 120 cm³/mol. The van der Waals surface area contributed by atoms with Gasteiger partial charge in [-0.15, -0.1) is 0 Å². The van der Waals surface area contributed by atoms with E-state index >= 15 is 0 Å². The number of carbonyl (C=O) groups is 2. The number of carboxylic acids is 1. The van der Waals surface area contributed by atoms with E-state index in [9.17, 15) is 9.59 Å². The second-order valence-corrected chi connectivity index (χ2v) is 7.74. The molecule has 1 atom stereocenters. The van der Waals surface area contributed by atoms with Crippen molar-refractivity contribution in [3.05, 3.63) is 59.2 Å². The molecular weight excluding hydrogens is 394 g/mol. The lowest BCUT2D eigenvalue weighted by molar-refractivity contribution is -0.139. The van der Waals surface area contributed by atoms with Gasteiger partial charge >= 0.3 is 5.97 Å². The van der Waals surface area contributed by atoms with Crippen molar-refractivity contribution in [2.75, 3.05) is 11.9 Å². The van der Waals surface area contributed by atoms with Gasteiger partial charge in [0.1, 0.15) is 17.7 Å². The van der Waals surface area contributed by atoms with E-state index in [0.717, 1.165) is 36.9 Å². The van der Waals surface area contributed by atoms with Gasteiger partial charge in [0.15, 0.2) is 0 Å². The fourth-order valence-corrected chi connectivity index (χ4v) is 3.54. The van der Waals surface area contributed by atoms with Crippen molar-refractivity contribution < 1.29 is 19.4 Å². The molecular formula is C24H29N3O4. The molecule has 0 spiro atoms. The zero-order valence-electron chi connectivity index (χ0n) is 17.7. The number of carboxylic acid groups (broad SMARTS) is 1. The van der Waals surface area contributed by atoms with Gasteiger partial charge in [-0.05, 0) is 55.2 Å². The highest BCUT2D eigenvalue weighted by atomic mass is 16.5. The van der Waals surface area contributed by atoms with E-state index < -0.39 is 5.97 Å². The van der Waals surface area contributed by atoms with Crippen molar-refractivity contribution in [2.24, 2.45) is 0 Å². The second kappa shape index (κ2) is 10.6. The summed E-state index contributed by atoms with van der Waals surface area (Å²) >= 11 is 0. The Morgan fingerprint density at radius 3 is 2.58 bits per heavy atom. The summed E-state index contributed by atoms with van der Waals surface area (Å²) in [5.74, 6) is -0.0658. The molecule has 7 nitrogen and oxygen atoms in total. The lowest BCUT2D eigenvalue weighted by atomic mass is 10.00. The van der Waals surface area contributed by atoms with E-state index in [1.807, 2.05) is 6.07 Å². The third-order valence-electron chi connectivity index (χ3n) is 5.27. The van der Waals surface area contributed by atoms with E-state index in [2.05, 4.69) is 17.6 Å². The minimum Gasteiger partial charge on any atom is -0.490 e. The first kappa shape index (κ1) is 22.3. The average molecular weight is 424 g/mol. The zero-order valence-corrected chi connectivity index (χ0v) is 17.7. The van der Waals surface area contributed by atoms with Crippen LogP contribution in [-0.2, 0) is 11.2 Å². The first-order valence-electron chi connectivity index (χ1n) is 10.7. The molecule has 0 fully saturated rings. The van der Waals surface area contributed by atoms with Crippen LogP contribution in [0.3, 0.4) is 0 Å². The lowest BCUT2D eigenvalue weighted by Gasteiger charge is -2.25. The summed E-state index contributed by atoms with van der Waals surface area (Å²) in [6, 6.07) is 12.4. The molecule has 0 bridgehead atoms. The number of rotatable bonds is 9. The first-order chi connectivity index (χ1) is 15.0. The lowest BCUT2D eigenvalue weighted by Crippen LogP contribution is -2.25. The Balaban J connectivity index is 1.57. The molecule has 0 aliphatic carbocycles. The highest BCUT2D eigenvalue weighted by Gasteiger charge is 2.22. The van der Waals surface area contributed by atoms with Crippen LogP contribution in [0.25, 0.3) is 0 Å². The first-order valence-corrected chi connectivity index (χ1v) is 10.7. The van der Waals surface area contributed by atoms with Gasteiger partial charge in [-0.25, -0.2) is 0 Å². The molecule has 164 valence electrons. The number of ether oxygens (including phenoxy) is 1. The Hall–Kier alpha value is -3.35. The molecule has 2 aromatic rings. The Labute approximate surface area is 182 Å². The van der Waals surface area contributed by atoms with E-state index in [-0.39, 0.29) is 18.4 Å². The van der Waals surface area contributed by atoms with E-state index in [1.54, 1.807) is 36.4 Å². The molecule has 0 saturated carbocycles. The van der Waals surface area contributed by atoms with Gasteiger partial charge in [-0.1, -0.05) is 31.9 Å². The molecule has 1 aliphatic heterocycles. The third-order valence-corrected chi connectivity index (χ3v) is 5.27. The second-order valence-electron chi connectivity index (χ2n) is 7.74. The van der Waals surface area contributed by atoms with Crippen LogP contribution in [0.2, 0.25) is 0 Å². The van der Waals surface area contributed by atoms with E-state index in [4.69, 9.17) is 15.3 Å². The number of hydrogen-bond acceptors (Lipinski definition) is 4.